The standard InChI is InChI=1S/C9H19NOS/c1-7(8(2)11)10-5-9-3-4-12-6-9/h7-11H,3-6H2,1-2H3. The molecule has 3 atom stereocenters. The number of hydrogen-bond donors (Lipinski definition) is 2. The minimum absolute atomic E-state index is 0.232. The molecule has 0 saturated carbocycles. The largest absolute Gasteiger partial charge is 0.392 e. The lowest BCUT2D eigenvalue weighted by molar-refractivity contribution is 0.150. The lowest BCUT2D eigenvalue weighted by Crippen LogP contribution is -2.38. The molecule has 0 aromatic rings. The van der Waals surface area contributed by atoms with Gasteiger partial charge in [0, 0.05) is 6.04 Å². The molecule has 0 aromatic heterocycles. The summed E-state index contributed by atoms with van der Waals surface area (Å²) in [7, 11) is 0. The predicted molar refractivity (Wildman–Crippen MR) is 54.6 cm³/mol. The molecule has 3 heteroatoms. The number of aliphatic hydroxyl groups excluding tert-OH is 1. The Labute approximate surface area is 79.1 Å². The highest BCUT2D eigenvalue weighted by molar-refractivity contribution is 7.99. The SMILES string of the molecule is CC(O)C(C)NCC1CCSC1. The molecule has 3 unspecified atom stereocenters. The Kier molecular flexibility index (Phi) is 4.40. The molecule has 0 aliphatic carbocycles. The van der Waals surface area contributed by atoms with E-state index in [1.165, 1.54) is 17.9 Å². The van der Waals surface area contributed by atoms with Gasteiger partial charge in [0.25, 0.3) is 0 Å². The first kappa shape index (κ1) is 10.4. The molecule has 2 nitrogen and oxygen atoms in total. The third kappa shape index (κ3) is 3.33. The van der Waals surface area contributed by atoms with Crippen molar-refractivity contribution in [1.82, 2.24) is 5.32 Å². The summed E-state index contributed by atoms with van der Waals surface area (Å²) >= 11 is 2.04. The summed E-state index contributed by atoms with van der Waals surface area (Å²) in [5.74, 6) is 3.44. The third-order valence-electron chi connectivity index (χ3n) is 2.48. The lowest BCUT2D eigenvalue weighted by atomic mass is 10.1. The van der Waals surface area contributed by atoms with Crippen LogP contribution in [-0.2, 0) is 0 Å². The van der Waals surface area contributed by atoms with Crippen LogP contribution in [-0.4, -0.2) is 35.3 Å². The molecule has 72 valence electrons. The highest BCUT2D eigenvalue weighted by Crippen LogP contribution is 2.22. The van der Waals surface area contributed by atoms with Gasteiger partial charge in [0.1, 0.15) is 0 Å². The van der Waals surface area contributed by atoms with E-state index in [1.54, 1.807) is 0 Å². The Balaban J connectivity index is 2.07. The molecule has 1 fully saturated rings. The molecule has 1 saturated heterocycles. The minimum atomic E-state index is -0.237. The quantitative estimate of drug-likeness (QED) is 0.694. The average molecular weight is 189 g/mol. The van der Waals surface area contributed by atoms with Gasteiger partial charge in [-0.15, -0.1) is 0 Å². The smallest absolute Gasteiger partial charge is 0.0662 e. The van der Waals surface area contributed by atoms with E-state index in [9.17, 15) is 5.11 Å². The van der Waals surface area contributed by atoms with Gasteiger partial charge < -0.3 is 10.4 Å². The van der Waals surface area contributed by atoms with Crippen molar-refractivity contribution in [3.63, 3.8) is 0 Å². The van der Waals surface area contributed by atoms with Crippen LogP contribution in [0.2, 0.25) is 0 Å². The number of rotatable bonds is 4. The fourth-order valence-electron chi connectivity index (χ4n) is 1.27. The van der Waals surface area contributed by atoms with Crippen LogP contribution in [0.4, 0.5) is 0 Å². The van der Waals surface area contributed by atoms with Gasteiger partial charge in [0.2, 0.25) is 0 Å². The van der Waals surface area contributed by atoms with Gasteiger partial charge in [-0.25, -0.2) is 0 Å². The summed E-state index contributed by atoms with van der Waals surface area (Å²) < 4.78 is 0. The van der Waals surface area contributed by atoms with Crippen LogP contribution in [0, 0.1) is 5.92 Å². The molecule has 0 radical (unpaired) electrons. The summed E-state index contributed by atoms with van der Waals surface area (Å²) in [5.41, 5.74) is 0. The van der Waals surface area contributed by atoms with Crippen LogP contribution in [0.3, 0.4) is 0 Å². The van der Waals surface area contributed by atoms with Gasteiger partial charge in [-0.1, -0.05) is 0 Å². The summed E-state index contributed by atoms with van der Waals surface area (Å²) in [4.78, 5) is 0. The average Bonchev–Trinajstić information content (AvgIpc) is 2.51. The van der Waals surface area contributed by atoms with Crippen LogP contribution < -0.4 is 5.32 Å². The molecule has 2 N–H and O–H groups in total. The molecule has 12 heavy (non-hydrogen) atoms. The van der Waals surface area contributed by atoms with Crippen molar-refractivity contribution in [3.8, 4) is 0 Å². The highest BCUT2D eigenvalue weighted by atomic mass is 32.2. The molecule has 1 heterocycles. The van der Waals surface area contributed by atoms with Gasteiger partial charge in [-0.3, -0.25) is 0 Å². The number of aliphatic hydroxyl groups is 1. The van der Waals surface area contributed by atoms with Crippen LogP contribution in [0.25, 0.3) is 0 Å². The number of thioether (sulfide) groups is 1. The van der Waals surface area contributed by atoms with Crippen LogP contribution >= 0.6 is 11.8 Å². The zero-order valence-electron chi connectivity index (χ0n) is 7.92. The molecule has 1 rings (SSSR count). The Morgan fingerprint density at radius 3 is 2.83 bits per heavy atom. The predicted octanol–water partition coefficient (Wildman–Crippen LogP) is 1.10. The Hall–Kier alpha value is 0.270. The van der Waals surface area contributed by atoms with Gasteiger partial charge in [0.15, 0.2) is 0 Å². The number of nitrogens with one attached hydrogen (secondary N) is 1. The van der Waals surface area contributed by atoms with Crippen molar-refractivity contribution in [3.05, 3.63) is 0 Å². The lowest BCUT2D eigenvalue weighted by Gasteiger charge is -2.18. The van der Waals surface area contributed by atoms with Crippen molar-refractivity contribution < 1.29 is 5.11 Å². The molecule has 0 spiro atoms. The third-order valence-corrected chi connectivity index (χ3v) is 3.71. The molecular formula is C9H19NOS. The summed E-state index contributed by atoms with van der Waals surface area (Å²) in [6.45, 7) is 4.94. The second kappa shape index (κ2) is 5.10. The van der Waals surface area contributed by atoms with Gasteiger partial charge in [-0.05, 0) is 44.2 Å². The molecule has 1 aliphatic heterocycles. The molecule has 0 aromatic carbocycles. The number of hydrogen-bond acceptors (Lipinski definition) is 3. The van der Waals surface area contributed by atoms with Crippen molar-refractivity contribution in [2.24, 2.45) is 5.92 Å². The van der Waals surface area contributed by atoms with Crippen LogP contribution in [0.5, 0.6) is 0 Å². The van der Waals surface area contributed by atoms with Crippen LogP contribution in [0.15, 0.2) is 0 Å². The van der Waals surface area contributed by atoms with E-state index in [4.69, 9.17) is 0 Å². The first-order chi connectivity index (χ1) is 5.70. The minimum Gasteiger partial charge on any atom is -0.392 e. The first-order valence-electron chi connectivity index (χ1n) is 4.69. The van der Waals surface area contributed by atoms with Crippen LogP contribution in [0.1, 0.15) is 20.3 Å². The maximum absolute atomic E-state index is 9.23. The van der Waals surface area contributed by atoms with E-state index in [0.29, 0.717) is 0 Å². The van der Waals surface area contributed by atoms with E-state index in [2.05, 4.69) is 5.32 Å². The first-order valence-corrected chi connectivity index (χ1v) is 5.85. The summed E-state index contributed by atoms with van der Waals surface area (Å²) in [6.07, 6.45) is 1.10. The van der Waals surface area contributed by atoms with Crippen molar-refractivity contribution in [1.29, 1.82) is 0 Å². The fraction of sp³-hybridized carbons (Fsp3) is 1.00. The maximum atomic E-state index is 9.23. The normalized spacial score (nSPS) is 28.8. The van der Waals surface area contributed by atoms with Gasteiger partial charge in [0.05, 0.1) is 6.10 Å². The van der Waals surface area contributed by atoms with Gasteiger partial charge in [-0.2, -0.15) is 11.8 Å². The highest BCUT2D eigenvalue weighted by Gasteiger charge is 2.16. The zero-order valence-corrected chi connectivity index (χ0v) is 8.73. The van der Waals surface area contributed by atoms with Crippen molar-refractivity contribution in [2.75, 3.05) is 18.1 Å². The molecule has 1 aliphatic rings. The topological polar surface area (TPSA) is 32.3 Å². The Bertz CT molecular complexity index is 122. The summed E-state index contributed by atoms with van der Waals surface area (Å²) in [6, 6.07) is 0.232. The van der Waals surface area contributed by atoms with Crippen molar-refractivity contribution in [2.45, 2.75) is 32.4 Å². The molecule has 0 amide bonds. The van der Waals surface area contributed by atoms with Crippen molar-refractivity contribution >= 4 is 11.8 Å². The Morgan fingerprint density at radius 2 is 2.33 bits per heavy atom. The second-order valence-electron chi connectivity index (χ2n) is 3.67. The maximum Gasteiger partial charge on any atom is 0.0662 e. The second-order valence-corrected chi connectivity index (χ2v) is 4.82. The van der Waals surface area contributed by atoms with E-state index < -0.39 is 0 Å². The fourth-order valence-corrected chi connectivity index (χ4v) is 2.55. The molecule has 0 bridgehead atoms. The van der Waals surface area contributed by atoms with E-state index in [-0.39, 0.29) is 12.1 Å². The van der Waals surface area contributed by atoms with E-state index in [0.717, 1.165) is 12.5 Å². The zero-order chi connectivity index (χ0) is 8.97. The monoisotopic (exact) mass is 189 g/mol. The van der Waals surface area contributed by atoms with E-state index >= 15 is 0 Å². The van der Waals surface area contributed by atoms with Gasteiger partial charge >= 0.3 is 0 Å². The molecular weight excluding hydrogens is 170 g/mol. The van der Waals surface area contributed by atoms with E-state index in [1.807, 2.05) is 25.6 Å². The Morgan fingerprint density at radius 1 is 1.58 bits per heavy atom. The summed E-state index contributed by atoms with van der Waals surface area (Å²) in [5, 5.41) is 12.6.